The van der Waals surface area contributed by atoms with E-state index < -0.39 is 16.5 Å². The molecule has 0 heterocycles. The summed E-state index contributed by atoms with van der Waals surface area (Å²) in [6.45, 7) is 0. The molecule has 0 aliphatic heterocycles. The predicted molar refractivity (Wildman–Crippen MR) is 69.4 cm³/mol. The van der Waals surface area contributed by atoms with Crippen molar-refractivity contribution in [2.75, 3.05) is 0 Å². The molecule has 0 N–H and O–H groups in total. The Balaban J connectivity index is 0.000000364. The molecule has 113 valence electrons. The van der Waals surface area contributed by atoms with Crippen molar-refractivity contribution in [1.29, 1.82) is 0 Å². The fourth-order valence-corrected chi connectivity index (χ4v) is 1.72. The van der Waals surface area contributed by atoms with E-state index in [1.807, 2.05) is 0 Å². The molecule has 0 saturated heterocycles. The van der Waals surface area contributed by atoms with Crippen LogP contribution in [0.4, 0.5) is 0 Å². The van der Waals surface area contributed by atoms with E-state index in [0.717, 1.165) is 0 Å². The van der Waals surface area contributed by atoms with Crippen molar-refractivity contribution in [2.24, 2.45) is 0 Å². The molecule has 2 rings (SSSR count). The minimum absolute atomic E-state index is 0. The van der Waals surface area contributed by atoms with E-state index in [9.17, 15) is 18.9 Å². The zero-order valence-corrected chi connectivity index (χ0v) is 13.1. The molecule has 21 heavy (non-hydrogen) atoms. The van der Waals surface area contributed by atoms with Crippen molar-refractivity contribution < 1.29 is 45.0 Å². The molecule has 0 saturated carbocycles. The van der Waals surface area contributed by atoms with Crippen molar-refractivity contribution in [3.05, 3.63) is 60.7 Å². The summed E-state index contributed by atoms with van der Waals surface area (Å²) in [7, 11) is -5.55. The minimum Gasteiger partial charge on any atom is -0.558 e. The Labute approximate surface area is 134 Å². The monoisotopic (exact) mass is 375 g/mol. The van der Waals surface area contributed by atoms with Crippen LogP contribution >= 0.6 is 16.5 Å². The van der Waals surface area contributed by atoms with Crippen LogP contribution < -0.4 is 18.8 Å². The summed E-state index contributed by atoms with van der Waals surface area (Å²) < 4.78 is 28.7. The van der Waals surface area contributed by atoms with Gasteiger partial charge in [0.05, 0.1) is 0 Å². The zero-order chi connectivity index (χ0) is 14.8. The van der Waals surface area contributed by atoms with Gasteiger partial charge in [0.25, 0.3) is 0 Å². The Morgan fingerprint density at radius 1 is 0.667 bits per heavy atom. The maximum atomic E-state index is 9.98. The first-order valence-electron chi connectivity index (χ1n) is 5.33. The molecule has 1 radical (unpaired) electrons. The summed E-state index contributed by atoms with van der Waals surface area (Å²) >= 11 is 0. The Bertz CT molecular complexity index is 501. The molecule has 0 fully saturated rings. The van der Waals surface area contributed by atoms with E-state index in [-0.39, 0.29) is 17.1 Å². The van der Waals surface area contributed by atoms with E-state index in [1.165, 1.54) is 0 Å². The number of hydrogen-bond donors (Lipinski definition) is 0. The minimum atomic E-state index is -2.78. The second-order valence-corrected chi connectivity index (χ2v) is 4.52. The number of para-hydroxylation sites is 2. The molecule has 2 aromatic rings. The molecule has 0 spiro atoms. The van der Waals surface area contributed by atoms with Crippen molar-refractivity contribution in [3.63, 3.8) is 0 Å². The van der Waals surface area contributed by atoms with Crippen LogP contribution in [0.15, 0.2) is 60.7 Å². The van der Waals surface area contributed by atoms with E-state index in [2.05, 4.69) is 9.05 Å². The summed E-state index contributed by atoms with van der Waals surface area (Å²) in [5, 5.41) is 0. The van der Waals surface area contributed by atoms with E-state index in [4.69, 9.17) is 0 Å². The van der Waals surface area contributed by atoms with Crippen LogP contribution in [0.1, 0.15) is 0 Å². The summed E-state index contributed by atoms with van der Waals surface area (Å²) in [4.78, 5) is 20.0. The second kappa shape index (κ2) is 11.4. The van der Waals surface area contributed by atoms with Crippen LogP contribution in [0.25, 0.3) is 0 Å². The largest absolute Gasteiger partial charge is 2.00 e. The first kappa shape index (κ1) is 19.7. The van der Waals surface area contributed by atoms with Gasteiger partial charge in [0, 0.05) is 0 Å². The van der Waals surface area contributed by atoms with Gasteiger partial charge in [-0.1, -0.05) is 36.4 Å². The topological polar surface area (TPSA) is 98.7 Å². The van der Waals surface area contributed by atoms with E-state index >= 15 is 0 Å². The second-order valence-electron chi connectivity index (χ2n) is 3.26. The van der Waals surface area contributed by atoms with Gasteiger partial charge in [-0.3, -0.25) is 9.05 Å². The molecule has 9 heteroatoms. The van der Waals surface area contributed by atoms with E-state index in [1.54, 1.807) is 60.7 Å². The molecular weight excluding hydrogens is 366 g/mol. The van der Waals surface area contributed by atoms with Crippen LogP contribution in [0.3, 0.4) is 0 Å². The standard InChI is InChI=1S/2C6H5O3P.Cu/c2*7-10(8)9-6-4-2-1-3-5-6;/h2*1-5H;/q;;+2. The maximum absolute atomic E-state index is 9.98. The molecular formula is C12H10CuO6P2+2. The van der Waals surface area contributed by atoms with Gasteiger partial charge in [-0.2, -0.15) is 0 Å². The van der Waals surface area contributed by atoms with Crippen LogP contribution in [0.2, 0.25) is 0 Å². The molecule has 0 aromatic heterocycles. The summed E-state index contributed by atoms with van der Waals surface area (Å²) in [6, 6.07) is 16.7. The zero-order valence-electron chi connectivity index (χ0n) is 10.4. The number of benzene rings is 2. The number of hydrogen-bond acceptors (Lipinski definition) is 6. The Morgan fingerprint density at radius 3 is 1.19 bits per heavy atom. The number of rotatable bonds is 4. The molecule has 6 nitrogen and oxygen atoms in total. The average Bonchev–Trinajstić information content (AvgIpc) is 2.40. The smallest absolute Gasteiger partial charge is 0.558 e. The van der Waals surface area contributed by atoms with Crippen molar-refractivity contribution in [1.82, 2.24) is 0 Å². The van der Waals surface area contributed by atoms with Crippen molar-refractivity contribution in [3.8, 4) is 11.5 Å². The normalized spacial score (nSPS) is 10.2. The Hall–Kier alpha value is -1.32. The van der Waals surface area contributed by atoms with Gasteiger partial charge < -0.3 is 9.79 Å². The molecule has 2 unspecified atom stereocenters. The van der Waals surface area contributed by atoms with Gasteiger partial charge in [0.2, 0.25) is 0 Å². The van der Waals surface area contributed by atoms with Crippen molar-refractivity contribution in [2.45, 2.75) is 0 Å². The fraction of sp³-hybridized carbons (Fsp3) is 0. The van der Waals surface area contributed by atoms with Gasteiger partial charge in [-0.05, 0) is 33.4 Å². The predicted octanol–water partition coefficient (Wildman–Crippen LogP) is 2.16. The summed E-state index contributed by atoms with van der Waals surface area (Å²) in [5.41, 5.74) is 0. The van der Waals surface area contributed by atoms with Gasteiger partial charge >= 0.3 is 33.6 Å². The van der Waals surface area contributed by atoms with E-state index in [0.29, 0.717) is 11.5 Å². The first-order chi connectivity index (χ1) is 9.58. The Morgan fingerprint density at radius 2 is 0.952 bits per heavy atom. The SMILES string of the molecule is O=[P+]([O-])Oc1ccccc1.O=[P+]([O-])Oc1ccccc1.[Cu+2]. The fourth-order valence-electron chi connectivity index (χ4n) is 1.13. The molecule has 2 atom stereocenters. The van der Waals surface area contributed by atoms with Crippen molar-refractivity contribution >= 4 is 16.5 Å². The molecule has 0 aliphatic rings. The van der Waals surface area contributed by atoms with Gasteiger partial charge in [-0.25, -0.2) is 0 Å². The maximum Gasteiger partial charge on any atom is 2.00 e. The molecule has 2 aromatic carbocycles. The first-order valence-corrected chi connectivity index (χ1v) is 7.52. The van der Waals surface area contributed by atoms with Crippen LogP contribution in [0, 0.1) is 0 Å². The van der Waals surface area contributed by atoms with Gasteiger partial charge in [-0.15, -0.1) is 0 Å². The Kier molecular flexibility index (Phi) is 10.6. The van der Waals surface area contributed by atoms with Crippen LogP contribution in [-0.2, 0) is 26.2 Å². The summed E-state index contributed by atoms with van der Waals surface area (Å²) in [6.07, 6.45) is 0. The third kappa shape index (κ3) is 10.1. The van der Waals surface area contributed by atoms with Gasteiger partial charge in [0.15, 0.2) is 11.5 Å². The van der Waals surface area contributed by atoms with Crippen LogP contribution in [-0.4, -0.2) is 0 Å². The third-order valence-electron chi connectivity index (χ3n) is 1.85. The molecule has 0 amide bonds. The van der Waals surface area contributed by atoms with Gasteiger partial charge in [0.1, 0.15) is 0 Å². The third-order valence-corrected chi connectivity index (χ3v) is 2.57. The molecule has 0 bridgehead atoms. The quantitative estimate of drug-likeness (QED) is 0.600. The molecule has 0 aliphatic carbocycles. The van der Waals surface area contributed by atoms with Crippen LogP contribution in [0.5, 0.6) is 11.5 Å². The average molecular weight is 376 g/mol. The summed E-state index contributed by atoms with van der Waals surface area (Å²) in [5.74, 6) is 0.692.